The third-order valence-electron chi connectivity index (χ3n) is 6.00. The lowest BCUT2D eigenvalue weighted by Gasteiger charge is -2.29. The van der Waals surface area contributed by atoms with Crippen LogP contribution in [0.15, 0.2) is 10.5 Å². The second-order valence-electron chi connectivity index (χ2n) is 8.49. The van der Waals surface area contributed by atoms with E-state index in [4.69, 9.17) is 24.1 Å². The minimum atomic E-state index is -0.754. The second kappa shape index (κ2) is 14.3. The summed E-state index contributed by atoms with van der Waals surface area (Å²) in [6.07, 6.45) is 2.91. The first-order valence-electron chi connectivity index (χ1n) is 12.1. The Labute approximate surface area is 223 Å². The first-order valence-corrected chi connectivity index (χ1v) is 12.9. The molecule has 1 saturated heterocycles. The van der Waals surface area contributed by atoms with E-state index in [0.717, 1.165) is 19.3 Å². The molecule has 0 saturated carbocycles. The van der Waals surface area contributed by atoms with Crippen molar-refractivity contribution in [3.8, 4) is 11.5 Å². The van der Waals surface area contributed by atoms with Crippen molar-refractivity contribution in [3.63, 3.8) is 0 Å². The molecule has 2 heterocycles. The van der Waals surface area contributed by atoms with E-state index in [1.165, 1.54) is 12.0 Å². The molecule has 0 spiro atoms. The Hall–Kier alpha value is -2.74. The number of nitrogens with one attached hydrogen (secondary N) is 2. The van der Waals surface area contributed by atoms with Gasteiger partial charge in [-0.3, -0.25) is 24.5 Å². The molecule has 0 radical (unpaired) electrons. The Morgan fingerprint density at radius 1 is 1.19 bits per heavy atom. The largest absolute Gasteiger partial charge is 0.492 e. The third kappa shape index (κ3) is 7.63. The standard InChI is InChI=1S/C24H32BrN3O9/c1-34-22-18(37-13-20(31)26-7-3-2-4-8-35-9-10-36-14-29)11-16(25)15-12-28(24(33)21(15)22)17-5-6-19(30)27-23(17)32/h11,17,29H,2-10,12-14H2,1H3,(H,26,31)(H,27,30,32). The maximum absolute atomic E-state index is 13.3. The SMILES string of the molecule is COc1c(OCC(=O)NCCCCCOCCOCO)cc(Br)c2c1C(=O)N(C1CCC(=O)NC1=O)C2. The summed E-state index contributed by atoms with van der Waals surface area (Å²) in [5.41, 5.74) is 0.912. The molecule has 3 N–H and O–H groups in total. The van der Waals surface area contributed by atoms with Gasteiger partial charge in [-0.2, -0.15) is 0 Å². The highest BCUT2D eigenvalue weighted by Gasteiger charge is 2.42. The number of imide groups is 1. The molecule has 1 aromatic carbocycles. The fourth-order valence-electron chi connectivity index (χ4n) is 4.17. The topological polar surface area (TPSA) is 153 Å². The lowest BCUT2D eigenvalue weighted by atomic mass is 10.0. The first kappa shape index (κ1) is 28.8. The van der Waals surface area contributed by atoms with Gasteiger partial charge in [-0.1, -0.05) is 15.9 Å². The van der Waals surface area contributed by atoms with Gasteiger partial charge in [-0.05, 0) is 31.7 Å². The summed E-state index contributed by atoms with van der Waals surface area (Å²) in [5, 5.41) is 13.6. The van der Waals surface area contributed by atoms with Crippen LogP contribution in [0.25, 0.3) is 0 Å². The molecule has 0 bridgehead atoms. The number of halogens is 1. The Morgan fingerprint density at radius 3 is 2.70 bits per heavy atom. The minimum Gasteiger partial charge on any atom is -0.492 e. The van der Waals surface area contributed by atoms with Crippen LogP contribution in [-0.4, -0.2) is 86.6 Å². The molecule has 0 aliphatic carbocycles. The number of unbranched alkanes of at least 4 members (excludes halogenated alkanes) is 2. The summed E-state index contributed by atoms with van der Waals surface area (Å²) in [6.45, 7) is 1.45. The Kier molecular flexibility index (Phi) is 11.1. The van der Waals surface area contributed by atoms with Crippen LogP contribution in [0.1, 0.15) is 48.0 Å². The lowest BCUT2D eigenvalue weighted by molar-refractivity contribution is -0.137. The van der Waals surface area contributed by atoms with Gasteiger partial charge < -0.3 is 34.3 Å². The zero-order chi connectivity index (χ0) is 26.8. The van der Waals surface area contributed by atoms with E-state index in [1.807, 2.05) is 0 Å². The molecule has 12 nitrogen and oxygen atoms in total. The Bertz CT molecular complexity index is 1000. The lowest BCUT2D eigenvalue weighted by Crippen LogP contribution is -2.52. The molecular weight excluding hydrogens is 554 g/mol. The zero-order valence-electron chi connectivity index (χ0n) is 20.7. The first-order chi connectivity index (χ1) is 17.9. The highest BCUT2D eigenvalue weighted by Crippen LogP contribution is 2.43. The maximum atomic E-state index is 13.3. The van der Waals surface area contributed by atoms with Gasteiger partial charge in [0.15, 0.2) is 18.1 Å². The van der Waals surface area contributed by atoms with Gasteiger partial charge in [0.2, 0.25) is 11.8 Å². The quantitative estimate of drug-likeness (QED) is 0.154. The van der Waals surface area contributed by atoms with Gasteiger partial charge in [0.25, 0.3) is 11.8 Å². The number of fused-ring (bicyclic) bond motifs is 1. The molecule has 0 aromatic heterocycles. The van der Waals surface area contributed by atoms with Crippen LogP contribution in [0.2, 0.25) is 0 Å². The molecule has 3 rings (SSSR count). The summed E-state index contributed by atoms with van der Waals surface area (Å²) in [5.74, 6) is -1.15. The monoisotopic (exact) mass is 585 g/mol. The van der Waals surface area contributed by atoms with Crippen molar-refractivity contribution in [3.05, 3.63) is 21.7 Å². The molecule has 4 amide bonds. The van der Waals surface area contributed by atoms with Gasteiger partial charge in [0.05, 0.1) is 25.9 Å². The number of hydrogen-bond acceptors (Lipinski definition) is 9. The smallest absolute Gasteiger partial charge is 0.259 e. The molecule has 1 unspecified atom stereocenters. The molecule has 2 aliphatic rings. The number of piperidine rings is 1. The molecule has 13 heteroatoms. The van der Waals surface area contributed by atoms with Crippen molar-refractivity contribution in [2.75, 3.05) is 46.9 Å². The van der Waals surface area contributed by atoms with Crippen molar-refractivity contribution in [1.82, 2.24) is 15.5 Å². The fourth-order valence-corrected chi connectivity index (χ4v) is 4.70. The van der Waals surface area contributed by atoms with Crippen LogP contribution < -0.4 is 20.1 Å². The van der Waals surface area contributed by atoms with E-state index >= 15 is 0 Å². The summed E-state index contributed by atoms with van der Waals surface area (Å²) in [4.78, 5) is 50.8. The average molecular weight is 586 g/mol. The predicted molar refractivity (Wildman–Crippen MR) is 133 cm³/mol. The number of carbonyl (C=O) groups is 4. The number of amides is 4. The Morgan fingerprint density at radius 2 is 1.97 bits per heavy atom. The van der Waals surface area contributed by atoms with Crippen LogP contribution >= 0.6 is 15.9 Å². The van der Waals surface area contributed by atoms with E-state index in [-0.39, 0.29) is 61.7 Å². The van der Waals surface area contributed by atoms with Crippen molar-refractivity contribution >= 4 is 39.6 Å². The predicted octanol–water partition coefficient (Wildman–Crippen LogP) is 0.867. The fraction of sp³-hybridized carbons (Fsp3) is 0.583. The van der Waals surface area contributed by atoms with E-state index in [0.29, 0.717) is 36.4 Å². The number of rotatable bonds is 15. The van der Waals surface area contributed by atoms with E-state index < -0.39 is 17.9 Å². The molecule has 204 valence electrons. The van der Waals surface area contributed by atoms with Crippen LogP contribution in [0.5, 0.6) is 11.5 Å². The summed E-state index contributed by atoms with van der Waals surface area (Å²) in [6, 6.07) is 0.883. The van der Waals surface area contributed by atoms with Gasteiger partial charge in [-0.15, -0.1) is 0 Å². The summed E-state index contributed by atoms with van der Waals surface area (Å²) >= 11 is 3.46. The number of ether oxygens (including phenoxy) is 4. The average Bonchev–Trinajstić information content (AvgIpc) is 3.21. The van der Waals surface area contributed by atoms with Gasteiger partial charge in [-0.25, -0.2) is 0 Å². The minimum absolute atomic E-state index is 0.160. The van der Waals surface area contributed by atoms with Crippen molar-refractivity contribution < 1.29 is 43.2 Å². The molecule has 2 aliphatic heterocycles. The highest BCUT2D eigenvalue weighted by molar-refractivity contribution is 9.10. The summed E-state index contributed by atoms with van der Waals surface area (Å²) in [7, 11) is 1.40. The normalized spacial score (nSPS) is 17.0. The van der Waals surface area contributed by atoms with E-state index in [1.54, 1.807) is 6.07 Å². The maximum Gasteiger partial charge on any atom is 0.259 e. The molecule has 1 atom stereocenters. The third-order valence-corrected chi connectivity index (χ3v) is 6.71. The van der Waals surface area contributed by atoms with Crippen LogP contribution in [-0.2, 0) is 30.4 Å². The number of aliphatic hydroxyl groups is 1. The second-order valence-corrected chi connectivity index (χ2v) is 9.35. The van der Waals surface area contributed by atoms with E-state index in [9.17, 15) is 19.2 Å². The van der Waals surface area contributed by atoms with Gasteiger partial charge in [0.1, 0.15) is 12.8 Å². The van der Waals surface area contributed by atoms with Crippen molar-refractivity contribution in [2.24, 2.45) is 0 Å². The van der Waals surface area contributed by atoms with E-state index in [2.05, 4.69) is 26.6 Å². The number of nitrogens with zero attached hydrogens (tertiary/aromatic N) is 1. The van der Waals surface area contributed by atoms with Crippen LogP contribution in [0.3, 0.4) is 0 Å². The Balaban J connectivity index is 1.49. The number of aliphatic hydroxyl groups excluding tert-OH is 1. The summed E-state index contributed by atoms with van der Waals surface area (Å²) < 4.78 is 21.9. The van der Waals surface area contributed by atoms with Crippen LogP contribution in [0, 0.1) is 0 Å². The zero-order valence-corrected chi connectivity index (χ0v) is 22.3. The number of methoxy groups -OCH3 is 1. The molecule has 37 heavy (non-hydrogen) atoms. The number of benzene rings is 1. The number of hydrogen-bond donors (Lipinski definition) is 3. The highest BCUT2D eigenvalue weighted by atomic mass is 79.9. The van der Waals surface area contributed by atoms with Gasteiger partial charge in [0, 0.05) is 36.2 Å². The molecular formula is C24H32BrN3O9. The van der Waals surface area contributed by atoms with Crippen molar-refractivity contribution in [1.29, 1.82) is 0 Å². The van der Waals surface area contributed by atoms with Crippen LogP contribution in [0.4, 0.5) is 0 Å². The van der Waals surface area contributed by atoms with Gasteiger partial charge >= 0.3 is 0 Å². The van der Waals surface area contributed by atoms with Crippen molar-refractivity contribution in [2.45, 2.75) is 44.7 Å². The molecule has 1 fully saturated rings. The molecule has 1 aromatic rings. The number of carbonyl (C=O) groups excluding carboxylic acids is 4.